The molecule has 7 heteroatoms. The molecule has 0 atom stereocenters. The molecule has 3 rings (SSSR count). The number of methoxy groups -OCH3 is 2. The van der Waals surface area contributed by atoms with Crippen LogP contribution < -0.4 is 15.4 Å². The number of hydrogen-bond acceptors (Lipinski definition) is 5. The summed E-state index contributed by atoms with van der Waals surface area (Å²) in [6.45, 7) is 0. The van der Waals surface area contributed by atoms with Crippen molar-refractivity contribution < 1.29 is 23.9 Å². The molecule has 0 saturated carbocycles. The summed E-state index contributed by atoms with van der Waals surface area (Å²) in [6, 6.07) is 21.9. The van der Waals surface area contributed by atoms with Crippen molar-refractivity contribution in [3.8, 4) is 5.75 Å². The van der Waals surface area contributed by atoms with Crippen LogP contribution in [0.5, 0.6) is 5.75 Å². The largest absolute Gasteiger partial charge is 0.497 e. The summed E-state index contributed by atoms with van der Waals surface area (Å²) in [7, 11) is 2.86. The number of amides is 2. The number of hydrogen-bond donors (Lipinski definition) is 2. The van der Waals surface area contributed by atoms with Gasteiger partial charge < -0.3 is 20.1 Å². The van der Waals surface area contributed by atoms with E-state index in [2.05, 4.69) is 15.4 Å². The van der Waals surface area contributed by atoms with E-state index < -0.39 is 17.8 Å². The lowest BCUT2D eigenvalue weighted by Crippen LogP contribution is -2.30. The Labute approximate surface area is 185 Å². The van der Waals surface area contributed by atoms with E-state index in [1.807, 2.05) is 0 Å². The lowest BCUT2D eigenvalue weighted by molar-refractivity contribution is -0.113. The number of carbonyl (C=O) groups excluding carboxylic acids is 3. The Morgan fingerprint density at radius 1 is 0.781 bits per heavy atom. The van der Waals surface area contributed by atoms with Crippen molar-refractivity contribution in [1.29, 1.82) is 0 Å². The fourth-order valence-corrected chi connectivity index (χ4v) is 2.82. The van der Waals surface area contributed by atoms with Gasteiger partial charge in [0.2, 0.25) is 0 Å². The molecule has 3 aromatic carbocycles. The molecule has 2 amide bonds. The molecule has 0 spiro atoms. The van der Waals surface area contributed by atoms with Gasteiger partial charge in [-0.3, -0.25) is 9.59 Å². The molecule has 2 N–H and O–H groups in total. The predicted molar refractivity (Wildman–Crippen MR) is 121 cm³/mol. The maximum atomic E-state index is 13.0. The average Bonchev–Trinajstić information content (AvgIpc) is 2.84. The van der Waals surface area contributed by atoms with E-state index >= 15 is 0 Å². The average molecular weight is 430 g/mol. The van der Waals surface area contributed by atoms with Gasteiger partial charge in [-0.1, -0.05) is 30.3 Å². The Morgan fingerprint density at radius 3 is 2.03 bits per heavy atom. The van der Waals surface area contributed by atoms with Gasteiger partial charge in [0.1, 0.15) is 11.4 Å². The molecule has 162 valence electrons. The van der Waals surface area contributed by atoms with Crippen LogP contribution in [0.1, 0.15) is 26.3 Å². The van der Waals surface area contributed by atoms with Crippen LogP contribution in [-0.2, 0) is 9.53 Å². The predicted octanol–water partition coefficient (Wildman–Crippen LogP) is 3.89. The Bertz CT molecular complexity index is 1120. The normalized spacial score (nSPS) is 10.8. The van der Waals surface area contributed by atoms with Crippen molar-refractivity contribution in [3.05, 3.63) is 101 Å². The van der Waals surface area contributed by atoms with Gasteiger partial charge in [-0.15, -0.1) is 0 Å². The molecule has 0 aliphatic heterocycles. The van der Waals surface area contributed by atoms with Crippen molar-refractivity contribution >= 4 is 29.5 Å². The summed E-state index contributed by atoms with van der Waals surface area (Å²) in [5.41, 5.74) is 1.99. The van der Waals surface area contributed by atoms with Gasteiger partial charge >= 0.3 is 5.97 Å². The number of benzene rings is 3. The number of anilines is 1. The molecule has 0 fully saturated rings. The van der Waals surface area contributed by atoms with Gasteiger partial charge in [0.15, 0.2) is 0 Å². The molecule has 0 aromatic heterocycles. The van der Waals surface area contributed by atoms with E-state index in [0.29, 0.717) is 28.1 Å². The molecule has 0 saturated heterocycles. The Morgan fingerprint density at radius 2 is 1.44 bits per heavy atom. The van der Waals surface area contributed by atoms with Crippen LogP contribution in [0.15, 0.2) is 84.6 Å². The zero-order valence-electron chi connectivity index (χ0n) is 17.6. The molecule has 0 heterocycles. The van der Waals surface area contributed by atoms with E-state index in [-0.39, 0.29) is 5.70 Å². The molecule has 32 heavy (non-hydrogen) atoms. The maximum Gasteiger partial charge on any atom is 0.337 e. The molecular weight excluding hydrogens is 408 g/mol. The van der Waals surface area contributed by atoms with Gasteiger partial charge in [-0.25, -0.2) is 4.79 Å². The van der Waals surface area contributed by atoms with Crippen molar-refractivity contribution in [2.24, 2.45) is 0 Å². The van der Waals surface area contributed by atoms with Crippen molar-refractivity contribution in [2.45, 2.75) is 0 Å². The number of ether oxygens (including phenoxy) is 2. The highest BCUT2D eigenvalue weighted by atomic mass is 16.5. The molecule has 0 radical (unpaired) electrons. The van der Waals surface area contributed by atoms with Gasteiger partial charge in [-0.2, -0.15) is 0 Å². The smallest absolute Gasteiger partial charge is 0.337 e. The SMILES string of the molecule is COC(=O)c1ccc(NC(=O)C(=Cc2ccc(OC)cc2)NC(=O)c2ccccc2)cc1. The molecule has 0 bridgehead atoms. The first kappa shape index (κ1) is 22.3. The first-order valence-electron chi connectivity index (χ1n) is 9.72. The molecule has 0 aliphatic carbocycles. The number of carbonyl (C=O) groups is 3. The highest BCUT2D eigenvalue weighted by Crippen LogP contribution is 2.16. The highest BCUT2D eigenvalue weighted by molar-refractivity contribution is 6.10. The number of rotatable bonds is 7. The third-order valence-electron chi connectivity index (χ3n) is 4.52. The van der Waals surface area contributed by atoms with E-state index in [1.165, 1.54) is 19.2 Å². The third-order valence-corrected chi connectivity index (χ3v) is 4.52. The van der Waals surface area contributed by atoms with Crippen molar-refractivity contribution in [1.82, 2.24) is 5.32 Å². The molecule has 0 aliphatic rings. The van der Waals surface area contributed by atoms with Crippen LogP contribution in [-0.4, -0.2) is 32.0 Å². The third kappa shape index (κ3) is 5.82. The quantitative estimate of drug-likeness (QED) is 0.438. The Hall–Kier alpha value is -4.39. The van der Waals surface area contributed by atoms with Gasteiger partial charge in [0.25, 0.3) is 11.8 Å². The van der Waals surface area contributed by atoms with Crippen LogP contribution in [0.2, 0.25) is 0 Å². The minimum Gasteiger partial charge on any atom is -0.497 e. The molecule has 3 aromatic rings. The lowest BCUT2D eigenvalue weighted by Gasteiger charge is -2.12. The van der Waals surface area contributed by atoms with Crippen LogP contribution in [0.4, 0.5) is 5.69 Å². The van der Waals surface area contributed by atoms with Gasteiger partial charge in [0, 0.05) is 11.3 Å². The lowest BCUT2D eigenvalue weighted by atomic mass is 10.1. The van der Waals surface area contributed by atoms with Crippen LogP contribution in [0.3, 0.4) is 0 Å². The maximum absolute atomic E-state index is 13.0. The summed E-state index contributed by atoms with van der Waals surface area (Å²) >= 11 is 0. The monoisotopic (exact) mass is 430 g/mol. The second kappa shape index (κ2) is 10.6. The summed E-state index contributed by atoms with van der Waals surface area (Å²) in [5, 5.41) is 5.40. The van der Waals surface area contributed by atoms with E-state index in [4.69, 9.17) is 4.74 Å². The highest BCUT2D eigenvalue weighted by Gasteiger charge is 2.15. The minimum atomic E-state index is -0.518. The second-order valence-corrected chi connectivity index (χ2v) is 6.67. The first-order chi connectivity index (χ1) is 15.5. The Kier molecular flexibility index (Phi) is 7.37. The van der Waals surface area contributed by atoms with E-state index in [9.17, 15) is 14.4 Å². The zero-order chi connectivity index (χ0) is 22.9. The molecule has 0 unspecified atom stereocenters. The van der Waals surface area contributed by atoms with E-state index in [1.54, 1.807) is 79.9 Å². The number of nitrogens with one attached hydrogen (secondary N) is 2. The standard InChI is InChI=1S/C25H22N2O5/c1-31-21-14-8-17(9-15-21)16-22(27-23(28)18-6-4-3-5-7-18)24(29)26-20-12-10-19(11-13-20)25(30)32-2/h3-16H,1-2H3,(H,26,29)(H,27,28). The first-order valence-corrected chi connectivity index (χ1v) is 9.72. The van der Waals surface area contributed by atoms with Crippen molar-refractivity contribution in [2.75, 3.05) is 19.5 Å². The second-order valence-electron chi connectivity index (χ2n) is 6.67. The van der Waals surface area contributed by atoms with Crippen molar-refractivity contribution in [3.63, 3.8) is 0 Å². The topological polar surface area (TPSA) is 93.7 Å². The van der Waals surface area contributed by atoms with Crippen LogP contribution in [0, 0.1) is 0 Å². The molecular formula is C25H22N2O5. The summed E-state index contributed by atoms with van der Waals surface area (Å²) in [6.07, 6.45) is 1.57. The van der Waals surface area contributed by atoms with E-state index in [0.717, 1.165) is 0 Å². The van der Waals surface area contributed by atoms with Crippen LogP contribution in [0.25, 0.3) is 6.08 Å². The van der Waals surface area contributed by atoms with Gasteiger partial charge in [0.05, 0.1) is 19.8 Å². The fraction of sp³-hybridized carbons (Fsp3) is 0.0800. The van der Waals surface area contributed by atoms with Gasteiger partial charge in [-0.05, 0) is 60.2 Å². The summed E-state index contributed by atoms with van der Waals surface area (Å²) in [5.74, 6) is -0.734. The summed E-state index contributed by atoms with van der Waals surface area (Å²) in [4.78, 5) is 37.2. The zero-order valence-corrected chi connectivity index (χ0v) is 17.6. The summed E-state index contributed by atoms with van der Waals surface area (Å²) < 4.78 is 9.83. The van der Waals surface area contributed by atoms with Crippen LogP contribution >= 0.6 is 0 Å². The fourth-order valence-electron chi connectivity index (χ4n) is 2.82. The minimum absolute atomic E-state index is 0.0565. The molecule has 7 nitrogen and oxygen atoms in total. The number of esters is 1. The Balaban J connectivity index is 1.84.